The first kappa shape index (κ1) is 19.3. The Morgan fingerprint density at radius 1 is 1.22 bits per heavy atom. The minimum atomic E-state index is -0.364. The molecular formula is C19H19ClN4O2S. The molecule has 27 heavy (non-hydrogen) atoms. The van der Waals surface area contributed by atoms with Crippen molar-refractivity contribution in [3.8, 4) is 17.1 Å². The van der Waals surface area contributed by atoms with Crippen LogP contribution in [0.15, 0.2) is 53.7 Å². The van der Waals surface area contributed by atoms with E-state index in [2.05, 4.69) is 15.5 Å². The molecule has 1 aromatic heterocycles. The number of thioether (sulfide) groups is 1. The SMILES string of the molecule is COc1ccccc1-c1nnc(S[C@H](C)C(=O)Nc2cccc(Cl)c2)n1C. The predicted molar refractivity (Wildman–Crippen MR) is 108 cm³/mol. The van der Waals surface area contributed by atoms with Gasteiger partial charge in [-0.15, -0.1) is 10.2 Å². The third-order valence-corrected chi connectivity index (χ3v) is 5.30. The van der Waals surface area contributed by atoms with Crippen LogP contribution in [0.5, 0.6) is 5.75 Å². The lowest BCUT2D eigenvalue weighted by atomic mass is 10.2. The molecule has 0 radical (unpaired) electrons. The topological polar surface area (TPSA) is 69.0 Å². The number of carbonyl (C=O) groups excluding carboxylic acids is 1. The molecule has 0 aliphatic carbocycles. The first-order valence-corrected chi connectivity index (χ1v) is 9.51. The van der Waals surface area contributed by atoms with Crippen molar-refractivity contribution in [2.75, 3.05) is 12.4 Å². The molecule has 0 saturated carbocycles. The highest BCUT2D eigenvalue weighted by molar-refractivity contribution is 8.00. The molecule has 3 aromatic rings. The van der Waals surface area contributed by atoms with Crippen molar-refractivity contribution in [2.24, 2.45) is 7.05 Å². The number of nitrogens with zero attached hydrogens (tertiary/aromatic N) is 3. The zero-order valence-corrected chi connectivity index (χ0v) is 16.7. The Morgan fingerprint density at radius 3 is 2.74 bits per heavy atom. The molecule has 6 nitrogen and oxygen atoms in total. The predicted octanol–water partition coefficient (Wildman–Crippen LogP) is 4.26. The summed E-state index contributed by atoms with van der Waals surface area (Å²) in [4.78, 5) is 12.5. The molecule has 0 unspecified atom stereocenters. The van der Waals surface area contributed by atoms with Gasteiger partial charge >= 0.3 is 0 Å². The van der Waals surface area contributed by atoms with Crippen LogP contribution in [0, 0.1) is 0 Å². The van der Waals surface area contributed by atoms with E-state index in [0.29, 0.717) is 21.7 Å². The zero-order chi connectivity index (χ0) is 19.4. The molecule has 1 atom stereocenters. The number of ether oxygens (including phenoxy) is 1. The van der Waals surface area contributed by atoms with Crippen molar-refractivity contribution in [3.05, 3.63) is 53.6 Å². The van der Waals surface area contributed by atoms with E-state index < -0.39 is 0 Å². The number of anilines is 1. The number of hydrogen-bond acceptors (Lipinski definition) is 5. The molecule has 0 fully saturated rings. The van der Waals surface area contributed by atoms with Crippen LogP contribution in [0.3, 0.4) is 0 Å². The van der Waals surface area contributed by atoms with Gasteiger partial charge in [0.2, 0.25) is 5.91 Å². The van der Waals surface area contributed by atoms with Crippen LogP contribution in [-0.2, 0) is 11.8 Å². The van der Waals surface area contributed by atoms with E-state index in [1.54, 1.807) is 31.4 Å². The van der Waals surface area contributed by atoms with Crippen molar-refractivity contribution in [1.82, 2.24) is 14.8 Å². The summed E-state index contributed by atoms with van der Waals surface area (Å²) < 4.78 is 7.25. The van der Waals surface area contributed by atoms with Crippen LogP contribution >= 0.6 is 23.4 Å². The smallest absolute Gasteiger partial charge is 0.237 e. The van der Waals surface area contributed by atoms with Crippen LogP contribution in [0.1, 0.15) is 6.92 Å². The third-order valence-electron chi connectivity index (χ3n) is 3.93. The van der Waals surface area contributed by atoms with E-state index in [1.807, 2.05) is 42.8 Å². The third kappa shape index (κ3) is 4.43. The highest BCUT2D eigenvalue weighted by Crippen LogP contribution is 2.31. The summed E-state index contributed by atoms with van der Waals surface area (Å²) in [6, 6.07) is 14.7. The summed E-state index contributed by atoms with van der Waals surface area (Å²) in [6.45, 7) is 1.82. The van der Waals surface area contributed by atoms with Gasteiger partial charge in [0, 0.05) is 17.8 Å². The maximum Gasteiger partial charge on any atom is 0.237 e. The van der Waals surface area contributed by atoms with E-state index in [1.165, 1.54) is 11.8 Å². The maximum absolute atomic E-state index is 12.5. The molecule has 0 bridgehead atoms. The summed E-state index contributed by atoms with van der Waals surface area (Å²) in [5.41, 5.74) is 1.51. The monoisotopic (exact) mass is 402 g/mol. The van der Waals surface area contributed by atoms with E-state index >= 15 is 0 Å². The molecule has 0 aliphatic rings. The molecule has 0 spiro atoms. The Bertz CT molecular complexity index is 960. The van der Waals surface area contributed by atoms with E-state index in [-0.39, 0.29) is 11.2 Å². The number of nitrogens with one attached hydrogen (secondary N) is 1. The Kier molecular flexibility index (Phi) is 6.03. The number of amides is 1. The number of carbonyl (C=O) groups is 1. The van der Waals surface area contributed by atoms with E-state index in [4.69, 9.17) is 16.3 Å². The fourth-order valence-corrected chi connectivity index (χ4v) is 3.51. The highest BCUT2D eigenvalue weighted by Gasteiger charge is 2.20. The van der Waals surface area contributed by atoms with Gasteiger partial charge in [-0.05, 0) is 37.3 Å². The van der Waals surface area contributed by atoms with Crippen molar-refractivity contribution in [3.63, 3.8) is 0 Å². The summed E-state index contributed by atoms with van der Waals surface area (Å²) in [5, 5.41) is 12.2. The van der Waals surface area contributed by atoms with Gasteiger partial charge < -0.3 is 14.6 Å². The first-order valence-electron chi connectivity index (χ1n) is 8.25. The Hall–Kier alpha value is -2.51. The molecule has 140 valence electrons. The van der Waals surface area contributed by atoms with Crippen LogP contribution in [0.4, 0.5) is 5.69 Å². The van der Waals surface area contributed by atoms with Gasteiger partial charge in [0.1, 0.15) is 5.75 Å². The van der Waals surface area contributed by atoms with Crippen LogP contribution in [0.25, 0.3) is 11.4 Å². The molecule has 3 rings (SSSR count). The minimum Gasteiger partial charge on any atom is -0.496 e. The number of hydrogen-bond donors (Lipinski definition) is 1. The van der Waals surface area contributed by atoms with Crippen LogP contribution < -0.4 is 10.1 Å². The molecule has 0 aliphatic heterocycles. The quantitative estimate of drug-likeness (QED) is 0.624. The summed E-state index contributed by atoms with van der Waals surface area (Å²) in [5.74, 6) is 1.26. The van der Waals surface area contributed by atoms with Crippen LogP contribution in [0.2, 0.25) is 5.02 Å². The minimum absolute atomic E-state index is 0.135. The van der Waals surface area contributed by atoms with Crippen molar-refractivity contribution in [1.29, 1.82) is 0 Å². The number of benzene rings is 2. The van der Waals surface area contributed by atoms with Gasteiger partial charge in [-0.25, -0.2) is 0 Å². The number of aromatic nitrogens is 3. The summed E-state index contributed by atoms with van der Waals surface area (Å²) >= 11 is 7.29. The maximum atomic E-state index is 12.5. The average Bonchev–Trinajstić information content (AvgIpc) is 3.02. The normalized spacial score (nSPS) is 11.9. The molecule has 8 heteroatoms. The lowest BCUT2D eigenvalue weighted by molar-refractivity contribution is -0.115. The van der Waals surface area contributed by atoms with E-state index in [9.17, 15) is 4.79 Å². The number of rotatable bonds is 6. The van der Waals surface area contributed by atoms with Gasteiger partial charge in [-0.3, -0.25) is 4.79 Å². The second-order valence-corrected chi connectivity index (χ2v) is 7.57. The summed E-state index contributed by atoms with van der Waals surface area (Å²) in [7, 11) is 3.48. The van der Waals surface area contributed by atoms with Gasteiger partial charge in [0.15, 0.2) is 11.0 Å². The number of halogens is 1. The van der Waals surface area contributed by atoms with Crippen molar-refractivity contribution >= 4 is 35.0 Å². The molecule has 1 amide bonds. The number of methoxy groups -OCH3 is 1. The van der Waals surface area contributed by atoms with E-state index in [0.717, 1.165) is 11.3 Å². The van der Waals surface area contributed by atoms with Crippen molar-refractivity contribution < 1.29 is 9.53 Å². The Labute approximate surface area is 166 Å². The standard InChI is InChI=1S/C19H19ClN4O2S/c1-12(18(25)21-14-8-6-7-13(20)11-14)27-19-23-22-17(24(19)2)15-9-4-5-10-16(15)26-3/h4-12H,1-3H3,(H,21,25)/t12-/m1/s1. The average molecular weight is 403 g/mol. The lowest BCUT2D eigenvalue weighted by Gasteiger charge is -2.12. The highest BCUT2D eigenvalue weighted by atomic mass is 35.5. The first-order chi connectivity index (χ1) is 13.0. The lowest BCUT2D eigenvalue weighted by Crippen LogP contribution is -2.22. The molecule has 1 heterocycles. The fourth-order valence-electron chi connectivity index (χ4n) is 2.50. The number of para-hydroxylation sites is 1. The van der Waals surface area contributed by atoms with Gasteiger partial charge in [0.25, 0.3) is 0 Å². The second kappa shape index (κ2) is 8.45. The molecule has 1 N–H and O–H groups in total. The van der Waals surface area contributed by atoms with Gasteiger partial charge in [0.05, 0.1) is 17.9 Å². The zero-order valence-electron chi connectivity index (χ0n) is 15.1. The summed E-state index contributed by atoms with van der Waals surface area (Å²) in [6.07, 6.45) is 0. The van der Waals surface area contributed by atoms with Crippen molar-refractivity contribution in [2.45, 2.75) is 17.3 Å². The fraction of sp³-hybridized carbons (Fsp3) is 0.211. The Morgan fingerprint density at radius 2 is 2.00 bits per heavy atom. The second-order valence-electron chi connectivity index (χ2n) is 5.83. The molecular weight excluding hydrogens is 384 g/mol. The van der Waals surface area contributed by atoms with Crippen LogP contribution in [-0.4, -0.2) is 33.0 Å². The largest absolute Gasteiger partial charge is 0.496 e. The molecule has 2 aromatic carbocycles. The van der Waals surface area contributed by atoms with Gasteiger partial charge in [-0.2, -0.15) is 0 Å². The Balaban J connectivity index is 1.74. The molecule has 0 saturated heterocycles. The van der Waals surface area contributed by atoms with Gasteiger partial charge in [-0.1, -0.05) is 41.6 Å².